The highest BCUT2D eigenvalue weighted by Gasteiger charge is 2.00. The van der Waals surface area contributed by atoms with Gasteiger partial charge in [-0.05, 0) is 12.1 Å². The number of hydrogen-bond acceptors (Lipinski definition) is 3. The van der Waals surface area contributed by atoms with Gasteiger partial charge in [-0.2, -0.15) is 4.98 Å². The second kappa shape index (κ2) is 2.64. The smallest absolute Gasteiger partial charge is 0.242 e. The molecule has 0 aromatic carbocycles. The highest BCUT2D eigenvalue weighted by Crippen LogP contribution is 2.10. The standard InChI is InChI=1S/C7H7ClN4/c1-9-7-10-6-3-2-5(8)4-12(6)11-7/h2-4H,1H3,(H,9,11). The zero-order valence-electron chi connectivity index (χ0n) is 6.45. The molecular formula is C7H7ClN4. The van der Waals surface area contributed by atoms with Crippen LogP contribution < -0.4 is 5.32 Å². The largest absolute Gasteiger partial charge is 0.356 e. The Morgan fingerprint density at radius 2 is 2.33 bits per heavy atom. The van der Waals surface area contributed by atoms with Crippen molar-refractivity contribution in [3.05, 3.63) is 23.4 Å². The van der Waals surface area contributed by atoms with Crippen LogP contribution in [0.15, 0.2) is 18.3 Å². The normalized spacial score (nSPS) is 10.5. The summed E-state index contributed by atoms with van der Waals surface area (Å²) >= 11 is 5.76. The Labute approximate surface area is 74.2 Å². The molecule has 0 bridgehead atoms. The van der Waals surface area contributed by atoms with Crippen molar-refractivity contribution in [3.8, 4) is 0 Å². The fourth-order valence-corrected chi connectivity index (χ4v) is 1.12. The van der Waals surface area contributed by atoms with Crippen LogP contribution in [0.1, 0.15) is 0 Å². The van der Waals surface area contributed by atoms with Crippen LogP contribution in [0.5, 0.6) is 0 Å². The van der Waals surface area contributed by atoms with Crippen LogP contribution in [0.2, 0.25) is 5.02 Å². The third kappa shape index (κ3) is 1.10. The minimum Gasteiger partial charge on any atom is -0.356 e. The highest BCUT2D eigenvalue weighted by molar-refractivity contribution is 6.30. The lowest BCUT2D eigenvalue weighted by molar-refractivity contribution is 0.963. The molecule has 12 heavy (non-hydrogen) atoms. The van der Waals surface area contributed by atoms with E-state index in [2.05, 4.69) is 15.4 Å². The first-order valence-electron chi connectivity index (χ1n) is 3.49. The summed E-state index contributed by atoms with van der Waals surface area (Å²) in [5.74, 6) is 0.595. The Hall–Kier alpha value is -1.29. The van der Waals surface area contributed by atoms with E-state index in [-0.39, 0.29) is 0 Å². The van der Waals surface area contributed by atoms with Gasteiger partial charge in [-0.3, -0.25) is 0 Å². The number of halogens is 1. The van der Waals surface area contributed by atoms with Crippen LogP contribution in [0.25, 0.3) is 5.65 Å². The molecule has 0 fully saturated rings. The van der Waals surface area contributed by atoms with Crippen LogP contribution >= 0.6 is 11.6 Å². The summed E-state index contributed by atoms with van der Waals surface area (Å²) in [5, 5.41) is 7.60. The average Bonchev–Trinajstić information content (AvgIpc) is 2.46. The molecule has 0 saturated carbocycles. The Morgan fingerprint density at radius 3 is 3.08 bits per heavy atom. The van der Waals surface area contributed by atoms with E-state index < -0.39 is 0 Å². The van der Waals surface area contributed by atoms with Gasteiger partial charge in [-0.15, -0.1) is 5.10 Å². The lowest BCUT2D eigenvalue weighted by Gasteiger charge is -1.89. The molecule has 1 N–H and O–H groups in total. The van der Waals surface area contributed by atoms with Crippen molar-refractivity contribution in [1.29, 1.82) is 0 Å². The van der Waals surface area contributed by atoms with Crippen molar-refractivity contribution in [2.24, 2.45) is 0 Å². The molecule has 5 heteroatoms. The van der Waals surface area contributed by atoms with E-state index in [1.807, 2.05) is 6.07 Å². The molecule has 0 saturated heterocycles. The van der Waals surface area contributed by atoms with Crippen LogP contribution in [-0.2, 0) is 0 Å². The molecule has 4 nitrogen and oxygen atoms in total. The summed E-state index contributed by atoms with van der Waals surface area (Å²) in [7, 11) is 1.77. The minimum absolute atomic E-state index is 0.595. The van der Waals surface area contributed by atoms with E-state index >= 15 is 0 Å². The third-order valence-electron chi connectivity index (χ3n) is 1.52. The maximum Gasteiger partial charge on any atom is 0.242 e. The number of fused-ring (bicyclic) bond motifs is 1. The fraction of sp³-hybridized carbons (Fsp3) is 0.143. The van der Waals surface area contributed by atoms with E-state index in [0.29, 0.717) is 11.0 Å². The first-order chi connectivity index (χ1) is 5.79. The molecular weight excluding hydrogens is 176 g/mol. The number of anilines is 1. The van der Waals surface area contributed by atoms with Gasteiger partial charge in [0.25, 0.3) is 0 Å². The molecule has 0 unspecified atom stereocenters. The van der Waals surface area contributed by atoms with Gasteiger partial charge in [0, 0.05) is 13.2 Å². The van der Waals surface area contributed by atoms with Gasteiger partial charge in [-0.1, -0.05) is 11.6 Å². The molecule has 2 heterocycles. The lowest BCUT2D eigenvalue weighted by Crippen LogP contribution is -1.90. The molecule has 2 aromatic heterocycles. The number of nitrogens with zero attached hydrogens (tertiary/aromatic N) is 3. The zero-order valence-corrected chi connectivity index (χ0v) is 7.21. The zero-order chi connectivity index (χ0) is 8.55. The molecule has 0 aliphatic carbocycles. The Kier molecular flexibility index (Phi) is 1.62. The van der Waals surface area contributed by atoms with Gasteiger partial charge in [0.2, 0.25) is 5.95 Å². The summed E-state index contributed by atoms with van der Waals surface area (Å²) in [6.45, 7) is 0. The average molecular weight is 183 g/mol. The third-order valence-corrected chi connectivity index (χ3v) is 1.74. The monoisotopic (exact) mass is 182 g/mol. The second-order valence-corrected chi connectivity index (χ2v) is 2.77. The Balaban J connectivity index is 2.67. The van der Waals surface area contributed by atoms with Crippen LogP contribution in [0.3, 0.4) is 0 Å². The lowest BCUT2D eigenvalue weighted by atomic mass is 10.5. The van der Waals surface area contributed by atoms with E-state index in [0.717, 1.165) is 5.65 Å². The number of nitrogens with one attached hydrogen (secondary N) is 1. The number of rotatable bonds is 1. The van der Waals surface area contributed by atoms with Crippen LogP contribution in [0.4, 0.5) is 5.95 Å². The van der Waals surface area contributed by atoms with Crippen molar-refractivity contribution < 1.29 is 0 Å². The van der Waals surface area contributed by atoms with Gasteiger partial charge < -0.3 is 5.32 Å². The summed E-state index contributed by atoms with van der Waals surface area (Å²) < 4.78 is 1.63. The topological polar surface area (TPSA) is 42.2 Å². The number of aromatic nitrogens is 3. The van der Waals surface area contributed by atoms with Crippen molar-refractivity contribution >= 4 is 23.2 Å². The first-order valence-corrected chi connectivity index (χ1v) is 3.87. The highest BCUT2D eigenvalue weighted by atomic mass is 35.5. The maximum absolute atomic E-state index is 5.76. The summed E-state index contributed by atoms with van der Waals surface area (Å²) in [6, 6.07) is 3.60. The van der Waals surface area contributed by atoms with Gasteiger partial charge >= 0.3 is 0 Å². The number of pyridine rings is 1. The summed E-state index contributed by atoms with van der Waals surface area (Å²) in [6.07, 6.45) is 1.71. The van der Waals surface area contributed by atoms with Gasteiger partial charge in [0.1, 0.15) is 0 Å². The van der Waals surface area contributed by atoms with Crippen LogP contribution in [0, 0.1) is 0 Å². The molecule has 0 aliphatic rings. The molecule has 0 amide bonds. The molecule has 2 aromatic rings. The second-order valence-electron chi connectivity index (χ2n) is 2.34. The Morgan fingerprint density at radius 1 is 1.50 bits per heavy atom. The van der Waals surface area contributed by atoms with E-state index in [1.54, 1.807) is 23.8 Å². The molecule has 62 valence electrons. The van der Waals surface area contributed by atoms with Crippen molar-refractivity contribution in [2.45, 2.75) is 0 Å². The Bertz CT molecular complexity index is 409. The van der Waals surface area contributed by atoms with Crippen molar-refractivity contribution in [2.75, 3.05) is 12.4 Å². The van der Waals surface area contributed by atoms with Gasteiger partial charge in [-0.25, -0.2) is 4.52 Å². The van der Waals surface area contributed by atoms with E-state index in [1.165, 1.54) is 0 Å². The SMILES string of the molecule is CNc1nc2ccc(Cl)cn2n1. The molecule has 0 spiro atoms. The van der Waals surface area contributed by atoms with Crippen molar-refractivity contribution in [3.63, 3.8) is 0 Å². The molecule has 2 rings (SSSR count). The molecule has 0 atom stereocenters. The van der Waals surface area contributed by atoms with Gasteiger partial charge in [0.15, 0.2) is 5.65 Å². The van der Waals surface area contributed by atoms with Gasteiger partial charge in [0.05, 0.1) is 5.02 Å². The number of hydrogen-bond donors (Lipinski definition) is 1. The molecule has 0 radical (unpaired) electrons. The fourth-order valence-electron chi connectivity index (χ4n) is 0.964. The van der Waals surface area contributed by atoms with Crippen LogP contribution in [-0.4, -0.2) is 21.6 Å². The van der Waals surface area contributed by atoms with E-state index in [4.69, 9.17) is 11.6 Å². The predicted octanol–water partition coefficient (Wildman–Crippen LogP) is 1.42. The minimum atomic E-state index is 0.595. The summed E-state index contributed by atoms with van der Waals surface area (Å²) in [4.78, 5) is 4.15. The maximum atomic E-state index is 5.76. The summed E-state index contributed by atoms with van der Waals surface area (Å²) in [5.41, 5.74) is 0.781. The molecule has 0 aliphatic heterocycles. The van der Waals surface area contributed by atoms with E-state index in [9.17, 15) is 0 Å². The quantitative estimate of drug-likeness (QED) is 0.726. The van der Waals surface area contributed by atoms with Crippen molar-refractivity contribution in [1.82, 2.24) is 14.6 Å². The first kappa shape index (κ1) is 7.36. The predicted molar refractivity (Wildman–Crippen MR) is 47.5 cm³/mol.